The van der Waals surface area contributed by atoms with Gasteiger partial charge in [-0.15, -0.1) is 0 Å². The lowest BCUT2D eigenvalue weighted by molar-refractivity contribution is 0.392. The average Bonchev–Trinajstić information content (AvgIpc) is 2.33. The number of nitrogens with one attached hydrogen (secondary N) is 1. The Morgan fingerprint density at radius 1 is 1.24 bits per heavy atom. The molecule has 0 bridgehead atoms. The van der Waals surface area contributed by atoms with Gasteiger partial charge in [0.2, 0.25) is 0 Å². The van der Waals surface area contributed by atoms with Crippen LogP contribution in [0.2, 0.25) is 0 Å². The van der Waals surface area contributed by atoms with E-state index < -0.39 is 0 Å². The number of nitrogens with two attached hydrogens (primary N) is 1. The highest BCUT2D eigenvalue weighted by atomic mass is 14.9. The quantitative estimate of drug-likeness (QED) is 0.761. The molecule has 3 N–H and O–H groups in total. The molecule has 17 heavy (non-hydrogen) atoms. The molecule has 0 aliphatic heterocycles. The molecule has 1 aromatic rings. The van der Waals surface area contributed by atoms with Crippen molar-refractivity contribution in [2.24, 2.45) is 11.7 Å². The second-order valence-electron chi connectivity index (χ2n) is 4.81. The Morgan fingerprint density at radius 2 is 1.88 bits per heavy atom. The molecule has 0 aromatic heterocycles. The Labute approximate surface area is 106 Å². The van der Waals surface area contributed by atoms with Gasteiger partial charge in [0.15, 0.2) is 0 Å². The number of rotatable bonds is 7. The van der Waals surface area contributed by atoms with Crippen LogP contribution >= 0.6 is 0 Å². The summed E-state index contributed by atoms with van der Waals surface area (Å²) in [6.07, 6.45) is 3.43. The number of aryl methyl sites for hydroxylation is 1. The van der Waals surface area contributed by atoms with Crippen LogP contribution in [0.4, 0.5) is 0 Å². The van der Waals surface area contributed by atoms with Crippen LogP contribution in [-0.2, 0) is 6.42 Å². The summed E-state index contributed by atoms with van der Waals surface area (Å²) in [7, 11) is 2.03. The fourth-order valence-corrected chi connectivity index (χ4v) is 2.39. The Hall–Kier alpha value is -0.860. The maximum absolute atomic E-state index is 5.64. The van der Waals surface area contributed by atoms with Crippen LogP contribution in [0.15, 0.2) is 24.3 Å². The molecule has 2 unspecified atom stereocenters. The van der Waals surface area contributed by atoms with Gasteiger partial charge in [-0.05, 0) is 43.5 Å². The van der Waals surface area contributed by atoms with E-state index in [0.717, 1.165) is 13.0 Å². The third-order valence-corrected chi connectivity index (χ3v) is 3.38. The first-order chi connectivity index (χ1) is 8.22. The van der Waals surface area contributed by atoms with Crippen LogP contribution in [0.1, 0.15) is 43.9 Å². The Balaban J connectivity index is 2.74. The topological polar surface area (TPSA) is 38.0 Å². The molecule has 2 heteroatoms. The lowest BCUT2D eigenvalue weighted by Crippen LogP contribution is -2.25. The van der Waals surface area contributed by atoms with Gasteiger partial charge in [-0.2, -0.15) is 0 Å². The van der Waals surface area contributed by atoms with Crippen LogP contribution in [0.25, 0.3) is 0 Å². The van der Waals surface area contributed by atoms with Crippen LogP contribution in [0.5, 0.6) is 0 Å². The Morgan fingerprint density at radius 3 is 2.35 bits per heavy atom. The van der Waals surface area contributed by atoms with E-state index in [1.807, 2.05) is 7.05 Å². The maximum atomic E-state index is 5.64. The predicted molar refractivity (Wildman–Crippen MR) is 75.1 cm³/mol. The number of hydrogen-bond acceptors (Lipinski definition) is 2. The summed E-state index contributed by atoms with van der Waals surface area (Å²) in [6, 6.07) is 9.41. The van der Waals surface area contributed by atoms with E-state index in [4.69, 9.17) is 5.73 Å². The zero-order valence-corrected chi connectivity index (χ0v) is 11.4. The van der Waals surface area contributed by atoms with Gasteiger partial charge in [0.05, 0.1) is 0 Å². The van der Waals surface area contributed by atoms with Crippen molar-refractivity contribution in [2.45, 2.75) is 39.2 Å². The summed E-state index contributed by atoms with van der Waals surface area (Å²) >= 11 is 0. The predicted octanol–water partition coefficient (Wildman–Crippen LogP) is 2.88. The summed E-state index contributed by atoms with van der Waals surface area (Å²) in [5.74, 6) is 0.571. The lowest BCUT2D eigenvalue weighted by atomic mass is 9.91. The summed E-state index contributed by atoms with van der Waals surface area (Å²) in [6.45, 7) is 5.23. The third-order valence-electron chi connectivity index (χ3n) is 3.38. The highest BCUT2D eigenvalue weighted by Crippen LogP contribution is 2.24. The van der Waals surface area contributed by atoms with Gasteiger partial charge < -0.3 is 11.1 Å². The fraction of sp³-hybridized carbons (Fsp3) is 0.600. The van der Waals surface area contributed by atoms with Crippen LogP contribution in [-0.4, -0.2) is 13.6 Å². The molecule has 0 aliphatic carbocycles. The maximum Gasteiger partial charge on any atom is 0.0343 e. The van der Waals surface area contributed by atoms with E-state index in [-0.39, 0.29) is 0 Å². The van der Waals surface area contributed by atoms with Crippen molar-refractivity contribution >= 4 is 0 Å². The van der Waals surface area contributed by atoms with Crippen molar-refractivity contribution in [3.05, 3.63) is 35.4 Å². The SMILES string of the molecule is CCCc1ccc(C(NC)C(C)CCN)cc1. The molecule has 1 rings (SSSR count). The summed E-state index contributed by atoms with van der Waals surface area (Å²) in [4.78, 5) is 0. The standard InChI is InChI=1S/C15H26N2/c1-4-5-13-6-8-14(9-7-13)15(17-3)12(2)10-11-16/h6-9,12,15,17H,4-5,10-11,16H2,1-3H3. The largest absolute Gasteiger partial charge is 0.330 e. The van der Waals surface area contributed by atoms with Crippen LogP contribution in [0, 0.1) is 5.92 Å². The summed E-state index contributed by atoms with van der Waals surface area (Å²) in [5, 5.41) is 3.40. The minimum absolute atomic E-state index is 0.411. The van der Waals surface area contributed by atoms with E-state index in [1.165, 1.54) is 24.0 Å². The number of hydrogen-bond donors (Lipinski definition) is 2. The molecule has 0 spiro atoms. The molecular weight excluding hydrogens is 208 g/mol. The first kappa shape index (κ1) is 14.2. The molecule has 2 atom stereocenters. The van der Waals surface area contributed by atoms with Crippen molar-refractivity contribution in [3.63, 3.8) is 0 Å². The van der Waals surface area contributed by atoms with Gasteiger partial charge in [-0.1, -0.05) is 44.5 Å². The molecule has 0 radical (unpaired) electrons. The van der Waals surface area contributed by atoms with Crippen molar-refractivity contribution in [2.75, 3.05) is 13.6 Å². The van der Waals surface area contributed by atoms with Crippen molar-refractivity contribution in [1.29, 1.82) is 0 Å². The fourth-order valence-electron chi connectivity index (χ4n) is 2.39. The van der Waals surface area contributed by atoms with E-state index in [1.54, 1.807) is 0 Å². The number of benzene rings is 1. The minimum atomic E-state index is 0.411. The van der Waals surface area contributed by atoms with E-state index in [2.05, 4.69) is 43.4 Å². The van der Waals surface area contributed by atoms with Crippen molar-refractivity contribution in [1.82, 2.24) is 5.32 Å². The highest BCUT2D eigenvalue weighted by molar-refractivity contribution is 5.25. The first-order valence-electron chi connectivity index (χ1n) is 6.69. The molecular formula is C15H26N2. The molecule has 0 heterocycles. The van der Waals surface area contributed by atoms with Gasteiger partial charge >= 0.3 is 0 Å². The van der Waals surface area contributed by atoms with Crippen LogP contribution < -0.4 is 11.1 Å². The van der Waals surface area contributed by atoms with E-state index >= 15 is 0 Å². The Bertz CT molecular complexity index is 305. The molecule has 0 saturated carbocycles. The molecule has 2 nitrogen and oxygen atoms in total. The van der Waals surface area contributed by atoms with E-state index in [0.29, 0.717) is 12.0 Å². The van der Waals surface area contributed by atoms with Crippen LogP contribution in [0.3, 0.4) is 0 Å². The van der Waals surface area contributed by atoms with Gasteiger partial charge in [0.25, 0.3) is 0 Å². The smallest absolute Gasteiger partial charge is 0.0343 e. The molecule has 0 amide bonds. The van der Waals surface area contributed by atoms with Gasteiger partial charge in [-0.25, -0.2) is 0 Å². The van der Waals surface area contributed by atoms with Crippen molar-refractivity contribution in [3.8, 4) is 0 Å². The lowest BCUT2D eigenvalue weighted by Gasteiger charge is -2.23. The average molecular weight is 234 g/mol. The van der Waals surface area contributed by atoms with Gasteiger partial charge in [0.1, 0.15) is 0 Å². The van der Waals surface area contributed by atoms with Gasteiger partial charge in [0, 0.05) is 6.04 Å². The first-order valence-corrected chi connectivity index (χ1v) is 6.69. The molecule has 0 saturated heterocycles. The van der Waals surface area contributed by atoms with Gasteiger partial charge in [-0.3, -0.25) is 0 Å². The summed E-state index contributed by atoms with van der Waals surface area (Å²) < 4.78 is 0. The zero-order chi connectivity index (χ0) is 12.7. The normalized spacial score (nSPS) is 14.6. The van der Waals surface area contributed by atoms with Crippen molar-refractivity contribution < 1.29 is 0 Å². The third kappa shape index (κ3) is 4.14. The molecule has 1 aromatic carbocycles. The highest BCUT2D eigenvalue weighted by Gasteiger charge is 2.16. The Kier molecular flexibility index (Phi) is 6.23. The zero-order valence-electron chi connectivity index (χ0n) is 11.4. The minimum Gasteiger partial charge on any atom is -0.330 e. The molecule has 0 aliphatic rings. The molecule has 96 valence electrons. The molecule has 0 fully saturated rings. The second-order valence-corrected chi connectivity index (χ2v) is 4.81. The summed E-state index contributed by atoms with van der Waals surface area (Å²) in [5.41, 5.74) is 8.43. The second kappa shape index (κ2) is 7.46. The van der Waals surface area contributed by atoms with E-state index in [9.17, 15) is 0 Å². The monoisotopic (exact) mass is 234 g/mol.